The normalized spacial score (nSPS) is 13.5. The number of hydrogen-bond donors (Lipinski definition) is 2. The summed E-state index contributed by atoms with van der Waals surface area (Å²) in [6.45, 7) is 9.00. The van der Waals surface area contributed by atoms with Crippen LogP contribution in [0.15, 0.2) is 84.2 Å². The van der Waals surface area contributed by atoms with E-state index in [0.29, 0.717) is 37.8 Å². The van der Waals surface area contributed by atoms with Crippen molar-refractivity contribution in [2.24, 2.45) is 0 Å². The molecular formula is C62H91N3O7. The van der Waals surface area contributed by atoms with Gasteiger partial charge in [0.1, 0.15) is 17.9 Å². The Bertz CT molecular complexity index is 2080. The summed E-state index contributed by atoms with van der Waals surface area (Å²) in [6.07, 6.45) is 45.1. The van der Waals surface area contributed by atoms with Crippen molar-refractivity contribution < 1.29 is 33.3 Å². The fourth-order valence-electron chi connectivity index (χ4n) is 9.63. The van der Waals surface area contributed by atoms with Crippen LogP contribution in [0, 0.1) is 0 Å². The number of imide groups is 2. The maximum atomic E-state index is 12.5. The summed E-state index contributed by atoms with van der Waals surface area (Å²) < 4.78 is 26.7. The first-order valence-electron chi connectivity index (χ1n) is 28.7. The molecule has 0 aromatic heterocycles. The van der Waals surface area contributed by atoms with Gasteiger partial charge in [0, 0.05) is 23.2 Å². The highest BCUT2D eigenvalue weighted by molar-refractivity contribution is 6.29. The van der Waals surface area contributed by atoms with Crippen LogP contribution in [0.3, 0.4) is 0 Å². The van der Waals surface area contributed by atoms with Crippen molar-refractivity contribution in [1.82, 2.24) is 10.6 Å². The molecule has 2 aliphatic heterocycles. The summed E-state index contributed by atoms with van der Waals surface area (Å²) in [5.74, 6) is 1.46. The molecule has 0 saturated carbocycles. The first-order chi connectivity index (χ1) is 35.4. The van der Waals surface area contributed by atoms with Crippen LogP contribution >= 0.6 is 0 Å². The minimum absolute atomic E-state index is 0.108. The molecule has 2 aliphatic rings. The second-order valence-electron chi connectivity index (χ2n) is 20.0. The zero-order chi connectivity index (χ0) is 50.9. The maximum Gasteiger partial charge on any atom is 0.328 e. The number of rotatable bonds is 40. The highest BCUT2D eigenvalue weighted by atomic mass is 16.5. The lowest BCUT2D eigenvalue weighted by atomic mass is 10.0. The van der Waals surface area contributed by atoms with Crippen molar-refractivity contribution in [2.45, 2.75) is 220 Å². The van der Waals surface area contributed by atoms with Crippen molar-refractivity contribution >= 4 is 34.3 Å². The van der Waals surface area contributed by atoms with Gasteiger partial charge in [0.25, 0.3) is 11.8 Å². The molecule has 3 aromatic rings. The molecule has 0 radical (unpaired) electrons. The highest BCUT2D eigenvalue weighted by Gasteiger charge is 2.30. The zero-order valence-corrected chi connectivity index (χ0v) is 44.8. The summed E-state index contributed by atoms with van der Waals surface area (Å²) in [4.78, 5) is 38.6. The number of carbonyl (C=O) groups is 3. The number of anilines is 1. The molecule has 10 heteroatoms. The van der Waals surface area contributed by atoms with Gasteiger partial charge in [-0.05, 0) is 66.8 Å². The third-order valence-corrected chi connectivity index (χ3v) is 13.9. The SMILES string of the molecule is CCCCCCCCCCCCOc1cc(COc2ccc(N3C=CC(=C4C(=O)NC(=O)NC4=O)C=C3)c3ccccc23)cc(OCCCCCCCCCCCC)c1OCCCCCCCCCCCC. The van der Waals surface area contributed by atoms with Gasteiger partial charge in [-0.15, -0.1) is 0 Å². The van der Waals surface area contributed by atoms with Gasteiger partial charge in [-0.25, -0.2) is 4.79 Å². The average Bonchev–Trinajstić information content (AvgIpc) is 3.38. The smallest absolute Gasteiger partial charge is 0.328 e. The predicted molar refractivity (Wildman–Crippen MR) is 296 cm³/mol. The zero-order valence-electron chi connectivity index (χ0n) is 44.8. The third-order valence-electron chi connectivity index (χ3n) is 13.9. The molecule has 5 rings (SSSR count). The quantitative estimate of drug-likeness (QED) is 0.0329. The van der Waals surface area contributed by atoms with E-state index in [1.54, 1.807) is 24.6 Å². The van der Waals surface area contributed by atoms with Crippen LogP contribution in [0.25, 0.3) is 10.8 Å². The van der Waals surface area contributed by atoms with Crippen LogP contribution in [0.1, 0.15) is 219 Å². The minimum Gasteiger partial charge on any atom is -0.490 e. The number of benzene rings is 3. The van der Waals surface area contributed by atoms with Gasteiger partial charge in [0.05, 0.1) is 25.5 Å². The molecule has 0 aliphatic carbocycles. The Kier molecular flexibility index (Phi) is 28.0. The molecule has 1 saturated heterocycles. The summed E-state index contributed by atoms with van der Waals surface area (Å²) in [5.41, 5.74) is 2.15. The van der Waals surface area contributed by atoms with Crippen molar-refractivity contribution in [3.8, 4) is 23.0 Å². The lowest BCUT2D eigenvalue weighted by Gasteiger charge is -2.23. The molecule has 0 unspecified atom stereocenters. The molecule has 4 amide bonds. The third kappa shape index (κ3) is 20.7. The van der Waals surface area contributed by atoms with E-state index >= 15 is 0 Å². The molecule has 72 heavy (non-hydrogen) atoms. The predicted octanol–water partition coefficient (Wildman–Crippen LogP) is 16.8. The monoisotopic (exact) mass is 990 g/mol. The van der Waals surface area contributed by atoms with Crippen LogP contribution in [-0.4, -0.2) is 37.7 Å². The fraction of sp³-hybridized carbons (Fsp3) is 0.597. The number of urea groups is 1. The van der Waals surface area contributed by atoms with Crippen LogP contribution in [-0.2, 0) is 16.2 Å². The number of nitrogens with one attached hydrogen (secondary N) is 2. The molecule has 1 fully saturated rings. The maximum absolute atomic E-state index is 12.5. The highest BCUT2D eigenvalue weighted by Crippen LogP contribution is 2.41. The van der Waals surface area contributed by atoms with Gasteiger partial charge in [-0.1, -0.05) is 218 Å². The molecule has 396 valence electrons. The lowest BCUT2D eigenvalue weighted by Crippen LogP contribution is -2.51. The Morgan fingerprint density at radius 3 is 1.28 bits per heavy atom. The van der Waals surface area contributed by atoms with E-state index in [-0.39, 0.29) is 5.57 Å². The van der Waals surface area contributed by atoms with E-state index in [1.165, 1.54) is 154 Å². The van der Waals surface area contributed by atoms with Crippen LogP contribution < -0.4 is 34.5 Å². The van der Waals surface area contributed by atoms with Crippen LogP contribution in [0.5, 0.6) is 23.0 Å². The number of unbranched alkanes of at least 4 members (excludes halogenated alkanes) is 27. The minimum atomic E-state index is -0.823. The topological polar surface area (TPSA) is 115 Å². The summed E-state index contributed by atoms with van der Waals surface area (Å²) in [6, 6.07) is 15.5. The second kappa shape index (κ2) is 35.0. The van der Waals surface area contributed by atoms with E-state index in [9.17, 15) is 14.4 Å². The van der Waals surface area contributed by atoms with E-state index in [1.807, 2.05) is 29.2 Å². The van der Waals surface area contributed by atoms with Gasteiger partial charge in [0.2, 0.25) is 5.75 Å². The van der Waals surface area contributed by atoms with E-state index in [4.69, 9.17) is 18.9 Å². The Morgan fingerprint density at radius 2 is 0.833 bits per heavy atom. The van der Waals surface area contributed by atoms with Crippen molar-refractivity contribution in [3.05, 3.63) is 89.8 Å². The Labute approximate surface area is 434 Å². The summed E-state index contributed by atoms with van der Waals surface area (Å²) >= 11 is 0. The fourth-order valence-corrected chi connectivity index (χ4v) is 9.63. The molecular weight excluding hydrogens is 899 g/mol. The van der Waals surface area contributed by atoms with Crippen LogP contribution in [0.4, 0.5) is 10.5 Å². The number of fused-ring (bicyclic) bond motifs is 1. The second-order valence-corrected chi connectivity index (χ2v) is 20.0. The molecule has 0 atom stereocenters. The first kappa shape index (κ1) is 57.6. The van der Waals surface area contributed by atoms with E-state index < -0.39 is 17.8 Å². The lowest BCUT2D eigenvalue weighted by molar-refractivity contribution is -0.124. The Balaban J connectivity index is 1.28. The number of carbonyl (C=O) groups excluding carboxylic acids is 3. The Morgan fingerprint density at radius 1 is 0.431 bits per heavy atom. The largest absolute Gasteiger partial charge is 0.490 e. The number of nitrogens with zero attached hydrogens (tertiary/aromatic N) is 1. The average molecular weight is 990 g/mol. The Hall–Kier alpha value is -5.25. The molecule has 10 nitrogen and oxygen atoms in total. The number of hydrogen-bond acceptors (Lipinski definition) is 8. The van der Waals surface area contributed by atoms with Crippen molar-refractivity contribution in [1.29, 1.82) is 0 Å². The number of barbiturate groups is 1. The van der Waals surface area contributed by atoms with Gasteiger partial charge in [-0.3, -0.25) is 20.2 Å². The standard InChI is InChI=1S/C62H91N3O7/c1-4-7-10-13-16-19-22-25-28-33-44-69-56-47-50(48-57(70-45-34-29-26-23-20-17-14-11-8-5-2)59(56)71-46-35-30-27-24-21-18-15-12-9-6-3)49-72-55-39-38-54(52-36-31-32-37-53(52)55)65-42-40-51(41-43-65)58-60(66)63-62(68)64-61(58)67/h31-32,36-43,47-48H,4-30,33-35,44-46,49H2,1-3H3,(H2,63,64,66,67,68). The van der Waals surface area contributed by atoms with Gasteiger partial charge >= 0.3 is 6.03 Å². The summed E-state index contributed by atoms with van der Waals surface area (Å²) in [7, 11) is 0. The van der Waals surface area contributed by atoms with Gasteiger partial charge in [0.15, 0.2) is 11.5 Å². The van der Waals surface area contributed by atoms with Gasteiger partial charge in [-0.2, -0.15) is 0 Å². The summed E-state index contributed by atoms with van der Waals surface area (Å²) in [5, 5.41) is 6.21. The number of allylic oxidation sites excluding steroid dienone is 3. The molecule has 2 N–H and O–H groups in total. The first-order valence-corrected chi connectivity index (χ1v) is 28.7. The van der Waals surface area contributed by atoms with Crippen LogP contribution in [0.2, 0.25) is 0 Å². The van der Waals surface area contributed by atoms with Crippen molar-refractivity contribution in [3.63, 3.8) is 0 Å². The molecule has 0 bridgehead atoms. The molecule has 0 spiro atoms. The van der Waals surface area contributed by atoms with Gasteiger partial charge < -0.3 is 23.8 Å². The molecule has 2 heterocycles. The molecule has 3 aromatic carbocycles. The van der Waals surface area contributed by atoms with Crippen molar-refractivity contribution in [2.75, 3.05) is 24.7 Å². The van der Waals surface area contributed by atoms with E-state index in [2.05, 4.69) is 55.7 Å². The number of ether oxygens (including phenoxy) is 4. The van der Waals surface area contributed by atoms with E-state index in [0.717, 1.165) is 77.8 Å². The number of amides is 4.